The zero-order valence-corrected chi connectivity index (χ0v) is 8.21. The van der Waals surface area contributed by atoms with Gasteiger partial charge in [0.05, 0.1) is 28.2 Å². The van der Waals surface area contributed by atoms with E-state index < -0.39 is 0 Å². The van der Waals surface area contributed by atoms with Gasteiger partial charge in [0.25, 0.3) is 0 Å². The van der Waals surface area contributed by atoms with Crippen LogP contribution < -0.4 is 24.0 Å². The molecule has 0 saturated heterocycles. The fourth-order valence-electron chi connectivity index (χ4n) is 0. The summed E-state index contributed by atoms with van der Waals surface area (Å²) in [6.07, 6.45) is 0. The van der Waals surface area contributed by atoms with Gasteiger partial charge >= 0.3 is 0 Å². The minimum absolute atomic E-state index is 0. The third-order valence-corrected chi connectivity index (χ3v) is 0. The molecular formula is C4H13ClIN. The van der Waals surface area contributed by atoms with Gasteiger partial charge in [0.15, 0.2) is 0 Å². The van der Waals surface area contributed by atoms with Crippen molar-refractivity contribution in [1.29, 1.82) is 0 Å². The first-order valence-electron chi connectivity index (χ1n) is 1.79. The minimum atomic E-state index is 0. The van der Waals surface area contributed by atoms with Gasteiger partial charge in [0, 0.05) is 0 Å². The molecule has 0 aromatic rings. The van der Waals surface area contributed by atoms with Gasteiger partial charge in [-0.2, -0.15) is 0 Å². The molecule has 0 spiro atoms. The molecule has 0 amide bonds. The summed E-state index contributed by atoms with van der Waals surface area (Å²) < 4.78 is 1.00. The molecule has 0 atom stereocenters. The highest BCUT2D eigenvalue weighted by atomic mass is 127. The van der Waals surface area contributed by atoms with Crippen LogP contribution in [0.25, 0.3) is 0 Å². The molecule has 0 N–H and O–H groups in total. The molecule has 0 unspecified atom stereocenters. The maximum atomic E-state index is 2.12. The topological polar surface area (TPSA) is 0 Å². The Balaban J connectivity index is -0.0000000800. The molecule has 0 bridgehead atoms. The molecule has 48 valence electrons. The van der Waals surface area contributed by atoms with Crippen LogP contribution >= 0.6 is 12.4 Å². The van der Waals surface area contributed by atoms with Crippen molar-refractivity contribution < 1.29 is 28.5 Å². The van der Waals surface area contributed by atoms with E-state index in [1.807, 2.05) is 0 Å². The molecule has 3 heteroatoms. The zero-order valence-electron chi connectivity index (χ0n) is 5.23. The molecule has 0 saturated carbocycles. The van der Waals surface area contributed by atoms with E-state index in [2.05, 4.69) is 28.2 Å². The van der Waals surface area contributed by atoms with E-state index in [9.17, 15) is 0 Å². The second-order valence-electron chi connectivity index (χ2n) is 2.68. The molecule has 0 aromatic heterocycles. The monoisotopic (exact) mass is 237 g/mol. The van der Waals surface area contributed by atoms with Gasteiger partial charge in [-0.3, -0.25) is 0 Å². The fourth-order valence-corrected chi connectivity index (χ4v) is 0. The third kappa shape index (κ3) is 180. The van der Waals surface area contributed by atoms with Gasteiger partial charge in [-0.25, -0.2) is 0 Å². The number of halogens is 2. The van der Waals surface area contributed by atoms with Gasteiger partial charge in [-0.1, -0.05) is 0 Å². The van der Waals surface area contributed by atoms with Crippen LogP contribution in [0.15, 0.2) is 0 Å². The van der Waals surface area contributed by atoms with Crippen molar-refractivity contribution in [1.82, 2.24) is 0 Å². The van der Waals surface area contributed by atoms with Crippen molar-refractivity contribution in [2.75, 3.05) is 28.2 Å². The summed E-state index contributed by atoms with van der Waals surface area (Å²) in [5, 5.41) is 0. The molecule has 1 nitrogen and oxygen atoms in total. The van der Waals surface area contributed by atoms with Gasteiger partial charge in [0.1, 0.15) is 0 Å². The lowest BCUT2D eigenvalue weighted by Crippen LogP contribution is -3.00. The predicted octanol–water partition coefficient (Wildman–Crippen LogP) is -2.25. The summed E-state index contributed by atoms with van der Waals surface area (Å²) >= 11 is 0. The summed E-state index contributed by atoms with van der Waals surface area (Å²) in [6, 6.07) is 0. The van der Waals surface area contributed by atoms with E-state index in [0.717, 1.165) is 4.48 Å². The molecule has 0 aromatic carbocycles. The second-order valence-corrected chi connectivity index (χ2v) is 2.68. The van der Waals surface area contributed by atoms with Crippen LogP contribution in [0.5, 0.6) is 0 Å². The van der Waals surface area contributed by atoms with Gasteiger partial charge in [0.2, 0.25) is 0 Å². The van der Waals surface area contributed by atoms with Crippen LogP contribution in [0.4, 0.5) is 0 Å². The smallest absolute Gasteiger partial charge is 0.0675 e. The van der Waals surface area contributed by atoms with Crippen molar-refractivity contribution in [2.45, 2.75) is 0 Å². The summed E-state index contributed by atoms with van der Waals surface area (Å²) in [4.78, 5) is 0. The maximum Gasteiger partial charge on any atom is 0.0675 e. The lowest BCUT2D eigenvalue weighted by molar-refractivity contribution is -0.849. The number of rotatable bonds is 0. The van der Waals surface area contributed by atoms with Crippen LogP contribution in [-0.2, 0) is 0 Å². The quantitative estimate of drug-likeness (QED) is 0.330. The van der Waals surface area contributed by atoms with Crippen molar-refractivity contribution in [3.63, 3.8) is 0 Å². The first-order valence-corrected chi connectivity index (χ1v) is 1.79. The summed E-state index contributed by atoms with van der Waals surface area (Å²) in [6.45, 7) is 0. The van der Waals surface area contributed by atoms with Crippen LogP contribution in [0.2, 0.25) is 0 Å². The molecule has 7 heavy (non-hydrogen) atoms. The SMILES string of the molecule is C[N+](C)(C)C.Cl.[I-]. The van der Waals surface area contributed by atoms with E-state index in [0.29, 0.717) is 0 Å². The van der Waals surface area contributed by atoms with Gasteiger partial charge < -0.3 is 28.5 Å². The maximum absolute atomic E-state index is 2.12. The van der Waals surface area contributed by atoms with Crippen molar-refractivity contribution in [3.8, 4) is 0 Å². The molecule has 0 aliphatic heterocycles. The third-order valence-electron chi connectivity index (χ3n) is 0. The summed E-state index contributed by atoms with van der Waals surface area (Å²) in [5.74, 6) is 0. The first kappa shape index (κ1) is 15.7. The second kappa shape index (κ2) is 5.12. The first-order chi connectivity index (χ1) is 2.00. The Labute approximate surface area is 69.1 Å². The molecule has 0 aliphatic carbocycles. The highest BCUT2D eigenvalue weighted by molar-refractivity contribution is 5.85. The van der Waals surface area contributed by atoms with E-state index >= 15 is 0 Å². The van der Waals surface area contributed by atoms with E-state index in [1.165, 1.54) is 0 Å². The Kier molecular flexibility index (Phi) is 11.5. The molecule has 0 heterocycles. The van der Waals surface area contributed by atoms with Gasteiger partial charge in [-0.05, 0) is 0 Å². The minimum Gasteiger partial charge on any atom is -1.00 e. The van der Waals surface area contributed by atoms with Crippen LogP contribution in [-0.4, -0.2) is 32.7 Å². The average molecular weight is 238 g/mol. The van der Waals surface area contributed by atoms with Crippen molar-refractivity contribution in [3.05, 3.63) is 0 Å². The summed E-state index contributed by atoms with van der Waals surface area (Å²) in [7, 11) is 8.50. The molecule has 0 rings (SSSR count). The molecule has 0 fully saturated rings. The van der Waals surface area contributed by atoms with E-state index in [-0.39, 0.29) is 36.4 Å². The Hall–Kier alpha value is 0.980. The van der Waals surface area contributed by atoms with E-state index in [4.69, 9.17) is 0 Å². The lowest BCUT2D eigenvalue weighted by Gasteiger charge is -2.14. The summed E-state index contributed by atoms with van der Waals surface area (Å²) in [5.41, 5.74) is 0. The van der Waals surface area contributed by atoms with Crippen LogP contribution in [0.3, 0.4) is 0 Å². The zero-order chi connectivity index (χ0) is 4.50. The number of hydrogen-bond donors (Lipinski definition) is 0. The number of nitrogens with zero attached hydrogens (tertiary/aromatic N) is 1. The number of quaternary nitrogens is 1. The Morgan fingerprint density at radius 1 is 0.857 bits per heavy atom. The Bertz CT molecular complexity index is 27.2. The van der Waals surface area contributed by atoms with Crippen LogP contribution in [0.1, 0.15) is 0 Å². The average Bonchev–Trinajstić information content (AvgIpc) is 0.722. The van der Waals surface area contributed by atoms with E-state index in [1.54, 1.807) is 0 Å². The normalized spacial score (nSPS) is 8.57. The fraction of sp³-hybridized carbons (Fsp3) is 1.00. The van der Waals surface area contributed by atoms with Crippen molar-refractivity contribution in [2.24, 2.45) is 0 Å². The Morgan fingerprint density at radius 3 is 0.857 bits per heavy atom. The molecular weight excluding hydrogens is 224 g/mol. The largest absolute Gasteiger partial charge is 1.00 e. The molecule has 0 aliphatic rings. The molecule has 0 radical (unpaired) electrons. The highest BCUT2D eigenvalue weighted by Gasteiger charge is 1.88. The van der Waals surface area contributed by atoms with Crippen LogP contribution in [0, 0.1) is 0 Å². The Morgan fingerprint density at radius 2 is 0.857 bits per heavy atom. The van der Waals surface area contributed by atoms with Gasteiger partial charge in [-0.15, -0.1) is 12.4 Å². The highest BCUT2D eigenvalue weighted by Crippen LogP contribution is 1.73. The predicted molar refractivity (Wildman–Crippen MR) is 31.2 cm³/mol. The number of hydrogen-bond acceptors (Lipinski definition) is 0. The standard InChI is InChI=1S/C4H12N.ClH.HI/c1-5(2,3)4;;/h1-4H3;2*1H/q+1;;/p-1. The lowest BCUT2D eigenvalue weighted by atomic mass is 10.8. The van der Waals surface area contributed by atoms with Crippen molar-refractivity contribution >= 4 is 12.4 Å².